The van der Waals surface area contributed by atoms with Gasteiger partial charge in [-0.05, 0) is 39.8 Å². The highest BCUT2D eigenvalue weighted by Crippen LogP contribution is 2.08. The number of hydrogen-bond acceptors (Lipinski definition) is 3. The SMILES string of the molecule is Cc1ccc(NC(=O)CNC(=O)CN(C(=O)C(C)Cl)C(C)C)cc1. The van der Waals surface area contributed by atoms with Crippen LogP contribution in [-0.4, -0.2) is 47.1 Å². The Morgan fingerprint density at radius 3 is 2.17 bits per heavy atom. The molecular weight excluding hydrogens is 330 g/mol. The maximum Gasteiger partial charge on any atom is 0.243 e. The highest BCUT2D eigenvalue weighted by Gasteiger charge is 2.23. The van der Waals surface area contributed by atoms with E-state index < -0.39 is 11.3 Å². The summed E-state index contributed by atoms with van der Waals surface area (Å²) in [5.41, 5.74) is 1.75. The molecule has 6 nitrogen and oxygen atoms in total. The van der Waals surface area contributed by atoms with E-state index in [9.17, 15) is 14.4 Å². The summed E-state index contributed by atoms with van der Waals surface area (Å²) in [6.07, 6.45) is 0. The number of halogens is 1. The number of amides is 3. The molecule has 0 saturated heterocycles. The Morgan fingerprint density at radius 2 is 1.67 bits per heavy atom. The second-order valence-electron chi connectivity index (χ2n) is 5.87. The highest BCUT2D eigenvalue weighted by molar-refractivity contribution is 6.30. The maximum atomic E-state index is 12.0. The number of aryl methyl sites for hydroxylation is 1. The molecule has 2 N–H and O–H groups in total. The van der Waals surface area contributed by atoms with Crippen molar-refractivity contribution in [3.05, 3.63) is 29.8 Å². The lowest BCUT2D eigenvalue weighted by atomic mass is 10.2. The van der Waals surface area contributed by atoms with Gasteiger partial charge in [0.15, 0.2) is 0 Å². The largest absolute Gasteiger partial charge is 0.345 e. The van der Waals surface area contributed by atoms with Crippen molar-refractivity contribution in [1.82, 2.24) is 10.2 Å². The number of carbonyl (C=O) groups is 3. The molecule has 0 aromatic heterocycles. The second-order valence-corrected chi connectivity index (χ2v) is 6.52. The molecule has 132 valence electrons. The summed E-state index contributed by atoms with van der Waals surface area (Å²) >= 11 is 5.79. The van der Waals surface area contributed by atoms with Gasteiger partial charge in [0.2, 0.25) is 17.7 Å². The van der Waals surface area contributed by atoms with Gasteiger partial charge in [0, 0.05) is 11.7 Å². The molecule has 1 aromatic rings. The van der Waals surface area contributed by atoms with Gasteiger partial charge < -0.3 is 15.5 Å². The van der Waals surface area contributed by atoms with Gasteiger partial charge in [-0.25, -0.2) is 0 Å². The molecule has 0 heterocycles. The van der Waals surface area contributed by atoms with Crippen LogP contribution in [0, 0.1) is 6.92 Å². The molecule has 0 aliphatic carbocycles. The highest BCUT2D eigenvalue weighted by atomic mass is 35.5. The van der Waals surface area contributed by atoms with Crippen molar-refractivity contribution in [2.24, 2.45) is 0 Å². The molecule has 24 heavy (non-hydrogen) atoms. The summed E-state index contributed by atoms with van der Waals surface area (Å²) in [6.45, 7) is 6.82. The Kier molecular flexibility index (Phi) is 7.71. The van der Waals surface area contributed by atoms with Gasteiger partial charge in [-0.2, -0.15) is 0 Å². The van der Waals surface area contributed by atoms with Gasteiger partial charge in [-0.15, -0.1) is 11.6 Å². The van der Waals surface area contributed by atoms with Gasteiger partial charge in [-0.3, -0.25) is 14.4 Å². The van der Waals surface area contributed by atoms with Crippen LogP contribution in [0.25, 0.3) is 0 Å². The number of alkyl halides is 1. The van der Waals surface area contributed by atoms with Crippen molar-refractivity contribution in [3.63, 3.8) is 0 Å². The lowest BCUT2D eigenvalue weighted by molar-refractivity contribution is -0.137. The van der Waals surface area contributed by atoms with Crippen molar-refractivity contribution in [2.75, 3.05) is 18.4 Å². The Balaban J connectivity index is 2.48. The number of carbonyl (C=O) groups excluding carboxylic acids is 3. The van der Waals surface area contributed by atoms with E-state index in [0.29, 0.717) is 5.69 Å². The monoisotopic (exact) mass is 353 g/mol. The van der Waals surface area contributed by atoms with E-state index >= 15 is 0 Å². The Morgan fingerprint density at radius 1 is 1.08 bits per heavy atom. The lowest BCUT2D eigenvalue weighted by Crippen LogP contribution is -2.47. The molecule has 7 heteroatoms. The third-order valence-corrected chi connectivity index (χ3v) is 3.53. The first kappa shape index (κ1) is 20.0. The number of nitrogens with one attached hydrogen (secondary N) is 2. The molecule has 0 aliphatic rings. The van der Waals surface area contributed by atoms with E-state index in [1.165, 1.54) is 4.90 Å². The number of hydrogen-bond donors (Lipinski definition) is 2. The van der Waals surface area contributed by atoms with Crippen molar-refractivity contribution >= 4 is 35.0 Å². The third-order valence-electron chi connectivity index (χ3n) is 3.34. The number of nitrogens with zero attached hydrogens (tertiary/aromatic N) is 1. The predicted molar refractivity (Wildman–Crippen MR) is 95.0 cm³/mol. The van der Waals surface area contributed by atoms with Crippen LogP contribution >= 0.6 is 11.6 Å². The summed E-state index contributed by atoms with van der Waals surface area (Å²) in [5, 5.41) is 4.49. The fraction of sp³-hybridized carbons (Fsp3) is 0.471. The third kappa shape index (κ3) is 6.58. The Bertz CT molecular complexity index is 585. The molecule has 3 amide bonds. The fourth-order valence-corrected chi connectivity index (χ4v) is 2.10. The molecule has 0 fully saturated rings. The van der Waals surface area contributed by atoms with E-state index in [-0.39, 0.29) is 30.9 Å². The molecule has 1 rings (SSSR count). The standard InChI is InChI=1S/C17H24ClN3O3/c1-11(2)21(17(24)13(4)18)10-16(23)19-9-15(22)20-14-7-5-12(3)6-8-14/h5-8,11,13H,9-10H2,1-4H3,(H,19,23)(H,20,22). The molecule has 1 aromatic carbocycles. The van der Waals surface area contributed by atoms with E-state index in [4.69, 9.17) is 11.6 Å². The van der Waals surface area contributed by atoms with E-state index in [2.05, 4.69) is 10.6 Å². The molecule has 0 bridgehead atoms. The quantitative estimate of drug-likeness (QED) is 0.735. The average molecular weight is 354 g/mol. The topological polar surface area (TPSA) is 78.5 Å². The molecule has 0 spiro atoms. The Labute approximate surface area is 147 Å². The van der Waals surface area contributed by atoms with E-state index in [1.807, 2.05) is 19.1 Å². The minimum absolute atomic E-state index is 0.134. The zero-order chi connectivity index (χ0) is 18.3. The zero-order valence-corrected chi connectivity index (χ0v) is 15.2. The minimum atomic E-state index is -0.704. The summed E-state index contributed by atoms with van der Waals surface area (Å²) in [5.74, 6) is -1.06. The van der Waals surface area contributed by atoms with Gasteiger partial charge in [-0.1, -0.05) is 17.7 Å². The number of rotatable bonds is 7. The van der Waals surface area contributed by atoms with Crippen molar-refractivity contribution in [3.8, 4) is 0 Å². The summed E-state index contributed by atoms with van der Waals surface area (Å²) in [7, 11) is 0. The number of benzene rings is 1. The summed E-state index contributed by atoms with van der Waals surface area (Å²) < 4.78 is 0. The van der Waals surface area contributed by atoms with Crippen LogP contribution in [0.1, 0.15) is 26.3 Å². The molecular formula is C17H24ClN3O3. The first-order valence-electron chi connectivity index (χ1n) is 7.78. The van der Waals surface area contributed by atoms with Crippen LogP contribution in [0.15, 0.2) is 24.3 Å². The second kappa shape index (κ2) is 9.27. The van der Waals surface area contributed by atoms with Gasteiger partial charge in [0.1, 0.15) is 5.38 Å². The first-order valence-corrected chi connectivity index (χ1v) is 8.22. The van der Waals surface area contributed by atoms with Crippen molar-refractivity contribution < 1.29 is 14.4 Å². The normalized spacial score (nSPS) is 11.8. The molecule has 1 atom stereocenters. The minimum Gasteiger partial charge on any atom is -0.345 e. The van der Waals surface area contributed by atoms with Crippen LogP contribution in [0.4, 0.5) is 5.69 Å². The summed E-state index contributed by atoms with van der Waals surface area (Å²) in [4.78, 5) is 37.1. The smallest absolute Gasteiger partial charge is 0.243 e. The summed E-state index contributed by atoms with van der Waals surface area (Å²) in [6, 6.07) is 7.18. The lowest BCUT2D eigenvalue weighted by Gasteiger charge is -2.27. The van der Waals surface area contributed by atoms with Crippen molar-refractivity contribution in [1.29, 1.82) is 0 Å². The van der Waals surface area contributed by atoms with Gasteiger partial charge >= 0.3 is 0 Å². The van der Waals surface area contributed by atoms with Crippen LogP contribution in [0.3, 0.4) is 0 Å². The predicted octanol–water partition coefficient (Wildman–Crippen LogP) is 1.91. The van der Waals surface area contributed by atoms with Crippen molar-refractivity contribution in [2.45, 2.75) is 39.1 Å². The number of anilines is 1. The maximum absolute atomic E-state index is 12.0. The van der Waals surface area contributed by atoms with Gasteiger partial charge in [0.25, 0.3) is 0 Å². The van der Waals surface area contributed by atoms with E-state index in [0.717, 1.165) is 5.56 Å². The molecule has 0 radical (unpaired) electrons. The molecule has 0 aliphatic heterocycles. The fourth-order valence-electron chi connectivity index (χ4n) is 1.98. The van der Waals surface area contributed by atoms with Gasteiger partial charge in [0.05, 0.1) is 13.1 Å². The molecule has 0 saturated carbocycles. The first-order chi connectivity index (χ1) is 11.2. The molecule has 1 unspecified atom stereocenters. The van der Waals surface area contributed by atoms with Crippen LogP contribution in [0.5, 0.6) is 0 Å². The zero-order valence-electron chi connectivity index (χ0n) is 14.4. The average Bonchev–Trinajstić information content (AvgIpc) is 2.51. The van der Waals surface area contributed by atoms with Crippen LogP contribution in [-0.2, 0) is 14.4 Å². The van der Waals surface area contributed by atoms with Crippen LogP contribution < -0.4 is 10.6 Å². The Hall–Kier alpha value is -2.08. The van der Waals surface area contributed by atoms with E-state index in [1.54, 1.807) is 32.9 Å². The van der Waals surface area contributed by atoms with Crippen LogP contribution in [0.2, 0.25) is 0 Å².